The zero-order valence-electron chi connectivity index (χ0n) is 12.4. The van der Waals surface area contributed by atoms with E-state index in [0.717, 1.165) is 5.56 Å². The molecule has 1 aromatic carbocycles. The third-order valence-corrected chi connectivity index (χ3v) is 2.65. The van der Waals surface area contributed by atoms with Crippen LogP contribution in [0.2, 0.25) is 0 Å². The van der Waals surface area contributed by atoms with Crippen molar-refractivity contribution in [3.63, 3.8) is 0 Å². The van der Waals surface area contributed by atoms with E-state index in [1.807, 2.05) is 19.0 Å². The van der Waals surface area contributed by atoms with Crippen LogP contribution in [0.15, 0.2) is 24.3 Å². The fourth-order valence-corrected chi connectivity index (χ4v) is 2.02. The van der Waals surface area contributed by atoms with Crippen molar-refractivity contribution in [1.29, 1.82) is 0 Å². The van der Waals surface area contributed by atoms with E-state index in [2.05, 4.69) is 10.1 Å². The Balaban J connectivity index is 2.43. The number of alkyl halides is 3. The van der Waals surface area contributed by atoms with Gasteiger partial charge in [-0.25, -0.2) is 0 Å². The van der Waals surface area contributed by atoms with Gasteiger partial charge in [-0.3, -0.25) is 0 Å². The van der Waals surface area contributed by atoms with Crippen LogP contribution in [0.4, 0.5) is 13.2 Å². The minimum absolute atomic E-state index is 0.245. The van der Waals surface area contributed by atoms with Crippen LogP contribution in [0, 0.1) is 0 Å². The van der Waals surface area contributed by atoms with Gasteiger partial charge in [-0.2, -0.15) is 0 Å². The number of halogens is 3. The van der Waals surface area contributed by atoms with Crippen LogP contribution in [0.25, 0.3) is 0 Å². The molecule has 0 aliphatic carbocycles. The number of likely N-dealkylation sites (N-methyl/N-ethyl adjacent to an activating group) is 1. The molecule has 21 heavy (non-hydrogen) atoms. The molecular formula is C14H21F3N2O2. The summed E-state index contributed by atoms with van der Waals surface area (Å²) < 4.78 is 39.8. The molecule has 1 unspecified atom stereocenters. The summed E-state index contributed by atoms with van der Waals surface area (Å²) in [5.74, 6) is -0.245. The third kappa shape index (κ3) is 7.89. The van der Waals surface area contributed by atoms with E-state index >= 15 is 0 Å². The molecule has 120 valence electrons. The number of aliphatic hydroxyl groups is 1. The van der Waals surface area contributed by atoms with Gasteiger partial charge in [0.25, 0.3) is 0 Å². The minimum atomic E-state index is -4.68. The molecule has 0 aliphatic heterocycles. The highest BCUT2D eigenvalue weighted by Gasteiger charge is 2.30. The molecule has 0 aromatic heterocycles. The SMILES string of the molecule is CN(C)CC(C)(O)CNCc1ccc(OC(F)(F)F)cc1. The van der Waals surface area contributed by atoms with Crippen LogP contribution in [-0.2, 0) is 6.54 Å². The van der Waals surface area contributed by atoms with E-state index in [0.29, 0.717) is 19.6 Å². The zero-order chi connectivity index (χ0) is 16.1. The molecule has 7 heteroatoms. The van der Waals surface area contributed by atoms with Crippen molar-refractivity contribution < 1.29 is 23.0 Å². The maximum atomic E-state index is 12.0. The van der Waals surface area contributed by atoms with Crippen LogP contribution in [0.5, 0.6) is 5.75 Å². The van der Waals surface area contributed by atoms with Crippen molar-refractivity contribution in [1.82, 2.24) is 10.2 Å². The summed E-state index contributed by atoms with van der Waals surface area (Å²) in [4.78, 5) is 1.88. The topological polar surface area (TPSA) is 44.7 Å². The van der Waals surface area contributed by atoms with E-state index < -0.39 is 12.0 Å². The van der Waals surface area contributed by atoms with Crippen LogP contribution in [0.1, 0.15) is 12.5 Å². The number of ether oxygens (including phenoxy) is 1. The predicted molar refractivity (Wildman–Crippen MR) is 74.0 cm³/mol. The van der Waals surface area contributed by atoms with E-state index in [-0.39, 0.29) is 5.75 Å². The largest absolute Gasteiger partial charge is 0.573 e. The van der Waals surface area contributed by atoms with Gasteiger partial charge in [0.2, 0.25) is 0 Å². The highest BCUT2D eigenvalue weighted by Crippen LogP contribution is 2.22. The molecule has 0 heterocycles. The molecule has 1 atom stereocenters. The molecule has 2 N–H and O–H groups in total. The number of benzene rings is 1. The molecule has 0 aliphatic rings. The molecule has 0 spiro atoms. The third-order valence-electron chi connectivity index (χ3n) is 2.65. The van der Waals surface area contributed by atoms with Crippen LogP contribution < -0.4 is 10.1 Å². The Bertz CT molecular complexity index is 431. The number of hydrogen-bond donors (Lipinski definition) is 2. The van der Waals surface area contributed by atoms with E-state index in [1.54, 1.807) is 19.1 Å². The number of hydrogen-bond acceptors (Lipinski definition) is 4. The predicted octanol–water partition coefficient (Wildman–Crippen LogP) is 1.99. The first-order valence-corrected chi connectivity index (χ1v) is 6.50. The molecule has 0 radical (unpaired) electrons. The van der Waals surface area contributed by atoms with Gasteiger partial charge >= 0.3 is 6.36 Å². The average Bonchev–Trinajstić information content (AvgIpc) is 2.27. The monoisotopic (exact) mass is 306 g/mol. The summed E-state index contributed by atoms with van der Waals surface area (Å²) in [5.41, 5.74) is -0.0618. The summed E-state index contributed by atoms with van der Waals surface area (Å²) >= 11 is 0. The normalized spacial score (nSPS) is 15.0. The quantitative estimate of drug-likeness (QED) is 0.809. The first-order chi connectivity index (χ1) is 9.57. The average molecular weight is 306 g/mol. The van der Waals surface area contributed by atoms with Gasteiger partial charge in [0.1, 0.15) is 5.75 Å². The van der Waals surface area contributed by atoms with E-state index in [1.165, 1.54) is 12.1 Å². The van der Waals surface area contributed by atoms with Gasteiger partial charge < -0.3 is 20.1 Å². The van der Waals surface area contributed by atoms with Gasteiger partial charge in [-0.05, 0) is 38.7 Å². The van der Waals surface area contributed by atoms with Crippen molar-refractivity contribution in [2.24, 2.45) is 0 Å². The second kappa shape index (κ2) is 7.11. The molecule has 4 nitrogen and oxygen atoms in total. The minimum Gasteiger partial charge on any atom is -0.406 e. The highest BCUT2D eigenvalue weighted by atomic mass is 19.4. The van der Waals surface area contributed by atoms with Crippen molar-refractivity contribution in [2.45, 2.75) is 25.4 Å². The molecule has 1 aromatic rings. The Morgan fingerprint density at radius 3 is 2.24 bits per heavy atom. The Labute approximate surface area is 122 Å². The van der Waals surface area contributed by atoms with Crippen molar-refractivity contribution >= 4 is 0 Å². The van der Waals surface area contributed by atoms with Crippen LogP contribution in [-0.4, -0.2) is 49.2 Å². The Morgan fingerprint density at radius 2 is 1.76 bits per heavy atom. The highest BCUT2D eigenvalue weighted by molar-refractivity contribution is 5.27. The first kappa shape index (κ1) is 17.7. The smallest absolute Gasteiger partial charge is 0.406 e. The Hall–Kier alpha value is -1.31. The molecule has 0 saturated heterocycles. The van der Waals surface area contributed by atoms with E-state index in [4.69, 9.17) is 0 Å². The second-order valence-electron chi connectivity index (χ2n) is 5.53. The van der Waals surface area contributed by atoms with Crippen molar-refractivity contribution in [2.75, 3.05) is 27.2 Å². The summed E-state index contributed by atoms with van der Waals surface area (Å²) in [6.45, 7) is 3.07. The Morgan fingerprint density at radius 1 is 1.19 bits per heavy atom. The van der Waals surface area contributed by atoms with Crippen LogP contribution >= 0.6 is 0 Å². The summed E-state index contributed by atoms with van der Waals surface area (Å²) in [5, 5.41) is 13.2. The van der Waals surface area contributed by atoms with Gasteiger partial charge in [-0.1, -0.05) is 12.1 Å². The number of nitrogens with one attached hydrogen (secondary N) is 1. The van der Waals surface area contributed by atoms with E-state index in [9.17, 15) is 18.3 Å². The maximum Gasteiger partial charge on any atom is 0.573 e. The second-order valence-corrected chi connectivity index (χ2v) is 5.53. The van der Waals surface area contributed by atoms with Gasteiger partial charge in [-0.15, -0.1) is 13.2 Å². The lowest BCUT2D eigenvalue weighted by Gasteiger charge is -2.27. The molecule has 0 saturated carbocycles. The molecule has 0 bridgehead atoms. The summed E-state index contributed by atoms with van der Waals surface area (Å²) in [6.07, 6.45) is -4.68. The van der Waals surface area contributed by atoms with Gasteiger partial charge in [0, 0.05) is 19.6 Å². The molecule has 0 amide bonds. The maximum absolute atomic E-state index is 12.0. The molecular weight excluding hydrogens is 285 g/mol. The summed E-state index contributed by atoms with van der Waals surface area (Å²) in [6, 6.07) is 5.63. The number of rotatable bonds is 7. The standard InChI is InChI=1S/C14H21F3N2O2/c1-13(20,10-19(2)3)9-18-8-11-4-6-12(7-5-11)21-14(15,16)17/h4-7,18,20H,8-10H2,1-3H3. The lowest BCUT2D eigenvalue weighted by molar-refractivity contribution is -0.274. The first-order valence-electron chi connectivity index (χ1n) is 6.50. The van der Waals surface area contributed by atoms with Crippen molar-refractivity contribution in [3.8, 4) is 5.75 Å². The molecule has 0 fully saturated rings. The van der Waals surface area contributed by atoms with Gasteiger partial charge in [0.15, 0.2) is 0 Å². The van der Waals surface area contributed by atoms with Crippen molar-refractivity contribution in [3.05, 3.63) is 29.8 Å². The lowest BCUT2D eigenvalue weighted by Crippen LogP contribution is -2.45. The number of nitrogens with zero attached hydrogens (tertiary/aromatic N) is 1. The lowest BCUT2D eigenvalue weighted by atomic mass is 10.1. The zero-order valence-corrected chi connectivity index (χ0v) is 12.4. The van der Waals surface area contributed by atoms with Crippen LogP contribution in [0.3, 0.4) is 0 Å². The fourth-order valence-electron chi connectivity index (χ4n) is 2.02. The van der Waals surface area contributed by atoms with Gasteiger partial charge in [0.05, 0.1) is 5.60 Å². The summed E-state index contributed by atoms with van der Waals surface area (Å²) in [7, 11) is 3.74. The Kier molecular flexibility index (Phi) is 6.00. The molecule has 1 rings (SSSR count). The fraction of sp³-hybridized carbons (Fsp3) is 0.571.